The summed E-state index contributed by atoms with van der Waals surface area (Å²) in [6, 6.07) is 12.0. The molecule has 0 unspecified atom stereocenters. The van der Waals surface area contributed by atoms with Crippen LogP contribution in [0.2, 0.25) is 10.0 Å². The van der Waals surface area contributed by atoms with Crippen LogP contribution in [0.3, 0.4) is 0 Å². The molecular formula is C29H26Cl2F2N8. The second-order valence-corrected chi connectivity index (χ2v) is 12.1. The maximum atomic E-state index is 13.8. The molecule has 2 aromatic heterocycles. The van der Waals surface area contributed by atoms with Gasteiger partial charge < -0.3 is 10.6 Å². The number of nitriles is 2. The molecule has 0 saturated heterocycles. The highest BCUT2D eigenvalue weighted by molar-refractivity contribution is 6.36. The Labute approximate surface area is 245 Å². The molecule has 0 amide bonds. The normalized spacial score (nSPS) is 14.9. The molecule has 0 bridgehead atoms. The van der Waals surface area contributed by atoms with E-state index in [1.54, 1.807) is 30.3 Å². The van der Waals surface area contributed by atoms with E-state index in [4.69, 9.17) is 23.2 Å². The largest absolute Gasteiger partial charge is 0.383 e. The number of fused-ring (bicyclic) bond motifs is 1. The highest BCUT2D eigenvalue weighted by Crippen LogP contribution is 2.48. The fraction of sp³-hybridized carbons (Fsp3) is 0.345. The van der Waals surface area contributed by atoms with Crippen molar-refractivity contribution in [2.24, 2.45) is 5.41 Å². The predicted octanol–water partition coefficient (Wildman–Crippen LogP) is 7.29. The zero-order valence-electron chi connectivity index (χ0n) is 22.5. The van der Waals surface area contributed by atoms with Gasteiger partial charge in [-0.3, -0.25) is 4.98 Å². The summed E-state index contributed by atoms with van der Waals surface area (Å²) in [5.41, 5.74) is 1.65. The number of nitrogens with zero attached hydrogens (tertiary/aromatic N) is 6. The fourth-order valence-corrected chi connectivity index (χ4v) is 5.16. The Morgan fingerprint density at radius 3 is 2.49 bits per heavy atom. The van der Waals surface area contributed by atoms with Crippen molar-refractivity contribution in [3.63, 3.8) is 0 Å². The lowest BCUT2D eigenvalue weighted by Gasteiger charge is -2.23. The van der Waals surface area contributed by atoms with Gasteiger partial charge in [0.25, 0.3) is 6.43 Å². The van der Waals surface area contributed by atoms with Crippen molar-refractivity contribution in [2.45, 2.75) is 51.6 Å². The molecule has 2 aromatic carbocycles. The van der Waals surface area contributed by atoms with Crippen molar-refractivity contribution in [1.82, 2.24) is 20.0 Å². The molecule has 4 aromatic rings. The molecule has 1 atom stereocenters. The molecule has 0 aliphatic heterocycles. The number of halogens is 4. The molecule has 1 fully saturated rings. The number of rotatable bonds is 8. The topological polar surface area (TPSA) is 115 Å². The minimum absolute atomic E-state index is 0.0709. The summed E-state index contributed by atoms with van der Waals surface area (Å²) in [5, 5.41) is 35.5. The number of pyridine rings is 1. The number of nitrogens with one attached hydrogen (secondary N) is 2. The Kier molecular flexibility index (Phi) is 7.50. The minimum Gasteiger partial charge on any atom is -0.383 e. The molecule has 2 heterocycles. The third kappa shape index (κ3) is 5.50. The van der Waals surface area contributed by atoms with Crippen LogP contribution in [0, 0.1) is 28.1 Å². The average Bonchev–Trinajstić information content (AvgIpc) is 3.60. The van der Waals surface area contributed by atoms with E-state index < -0.39 is 18.0 Å². The SMILES string of the molecule is CC(C)(C)CNc1c(C#N)cnc2c(Cl)cc(N[C@H](c3cn(C4(C(F)F)CC4)nn3)c3cccc(C#N)c3Cl)cc12. The number of aromatic nitrogens is 4. The van der Waals surface area contributed by atoms with E-state index in [1.165, 1.54) is 17.1 Å². The summed E-state index contributed by atoms with van der Waals surface area (Å²) in [7, 11) is 0. The van der Waals surface area contributed by atoms with E-state index in [9.17, 15) is 19.3 Å². The van der Waals surface area contributed by atoms with Gasteiger partial charge in [-0.05, 0) is 36.5 Å². The van der Waals surface area contributed by atoms with Gasteiger partial charge in [-0.2, -0.15) is 10.5 Å². The van der Waals surface area contributed by atoms with E-state index in [2.05, 4.69) is 58.8 Å². The summed E-state index contributed by atoms with van der Waals surface area (Å²) in [5.74, 6) is 0. The molecule has 210 valence electrons. The number of hydrogen-bond acceptors (Lipinski definition) is 7. The summed E-state index contributed by atoms with van der Waals surface area (Å²) < 4.78 is 28.9. The number of anilines is 2. The highest BCUT2D eigenvalue weighted by atomic mass is 35.5. The van der Waals surface area contributed by atoms with Crippen molar-refractivity contribution in [3.05, 3.63) is 75.2 Å². The number of alkyl halides is 2. The van der Waals surface area contributed by atoms with Crippen molar-refractivity contribution < 1.29 is 8.78 Å². The quantitative estimate of drug-likeness (QED) is 0.220. The van der Waals surface area contributed by atoms with Gasteiger partial charge in [0.1, 0.15) is 23.4 Å². The smallest absolute Gasteiger partial charge is 0.263 e. The highest BCUT2D eigenvalue weighted by Gasteiger charge is 2.54. The van der Waals surface area contributed by atoms with Gasteiger partial charge in [0.15, 0.2) is 0 Å². The van der Waals surface area contributed by atoms with E-state index in [1.807, 2.05) is 0 Å². The molecule has 1 aliphatic carbocycles. The van der Waals surface area contributed by atoms with Crippen molar-refractivity contribution >= 4 is 45.5 Å². The summed E-state index contributed by atoms with van der Waals surface area (Å²) in [6.07, 6.45) is 0.983. The first-order valence-corrected chi connectivity index (χ1v) is 13.6. The van der Waals surface area contributed by atoms with E-state index in [0.29, 0.717) is 63.5 Å². The molecule has 5 rings (SSSR count). The molecule has 1 aliphatic rings. The Morgan fingerprint density at radius 1 is 1.12 bits per heavy atom. The fourth-order valence-electron chi connectivity index (χ4n) is 4.61. The Morgan fingerprint density at radius 2 is 1.85 bits per heavy atom. The van der Waals surface area contributed by atoms with Crippen LogP contribution in [0.15, 0.2) is 42.7 Å². The number of benzene rings is 2. The molecule has 1 saturated carbocycles. The zero-order valence-corrected chi connectivity index (χ0v) is 24.0. The van der Waals surface area contributed by atoms with Gasteiger partial charge in [-0.1, -0.05) is 61.3 Å². The van der Waals surface area contributed by atoms with E-state index >= 15 is 0 Å². The van der Waals surface area contributed by atoms with Crippen molar-refractivity contribution in [3.8, 4) is 12.1 Å². The first-order chi connectivity index (χ1) is 19.5. The molecular weight excluding hydrogens is 569 g/mol. The third-order valence-corrected chi connectivity index (χ3v) is 7.75. The second kappa shape index (κ2) is 10.8. The van der Waals surface area contributed by atoms with Crippen molar-refractivity contribution in [2.75, 3.05) is 17.2 Å². The number of hydrogen-bond donors (Lipinski definition) is 2. The lowest BCUT2D eigenvalue weighted by molar-refractivity contribution is 0.0593. The van der Waals surface area contributed by atoms with Gasteiger partial charge in [-0.15, -0.1) is 5.10 Å². The first-order valence-electron chi connectivity index (χ1n) is 12.9. The van der Waals surface area contributed by atoms with Crippen LogP contribution in [0.4, 0.5) is 20.2 Å². The lowest BCUT2D eigenvalue weighted by atomic mass is 9.96. The second-order valence-electron chi connectivity index (χ2n) is 11.3. The molecule has 8 nitrogen and oxygen atoms in total. The zero-order chi connectivity index (χ0) is 29.5. The first kappa shape index (κ1) is 28.5. The molecule has 0 spiro atoms. The van der Waals surface area contributed by atoms with Crippen LogP contribution in [0.1, 0.15) is 62.0 Å². The maximum absolute atomic E-state index is 13.8. The molecule has 41 heavy (non-hydrogen) atoms. The summed E-state index contributed by atoms with van der Waals surface area (Å²) in [6.45, 7) is 6.81. The van der Waals surface area contributed by atoms with Crippen LogP contribution in [-0.2, 0) is 5.54 Å². The lowest BCUT2D eigenvalue weighted by Crippen LogP contribution is -2.26. The van der Waals surface area contributed by atoms with Gasteiger partial charge in [0.05, 0.1) is 44.6 Å². The van der Waals surface area contributed by atoms with Crippen molar-refractivity contribution in [1.29, 1.82) is 10.5 Å². The van der Waals surface area contributed by atoms with Gasteiger partial charge in [0, 0.05) is 29.4 Å². The van der Waals surface area contributed by atoms with Crippen LogP contribution in [0.5, 0.6) is 0 Å². The standard InChI is InChI=1S/C29H26Cl2F2N8/c1-28(2,3)15-37-24-17(12-35)13-36-25-20(24)9-18(10-21(25)30)38-26(19-6-4-5-16(11-34)23(19)31)22-14-41(40-39-22)29(7-8-29)27(32)33/h4-6,9-10,13-14,26-27,38H,7-8,15H2,1-3H3,(H,36,37)/t26-/m0/s1. The van der Waals surface area contributed by atoms with E-state index in [0.717, 1.165) is 0 Å². The van der Waals surface area contributed by atoms with Gasteiger partial charge in [0.2, 0.25) is 0 Å². The average molecular weight is 595 g/mol. The molecule has 2 N–H and O–H groups in total. The van der Waals surface area contributed by atoms with Crippen LogP contribution < -0.4 is 10.6 Å². The minimum atomic E-state index is -2.59. The Balaban J connectivity index is 1.63. The summed E-state index contributed by atoms with van der Waals surface area (Å²) in [4.78, 5) is 4.41. The third-order valence-electron chi connectivity index (χ3n) is 7.04. The van der Waals surface area contributed by atoms with Gasteiger partial charge >= 0.3 is 0 Å². The molecule has 0 radical (unpaired) electrons. The van der Waals surface area contributed by atoms with Crippen LogP contribution >= 0.6 is 23.2 Å². The summed E-state index contributed by atoms with van der Waals surface area (Å²) >= 11 is 13.3. The maximum Gasteiger partial charge on any atom is 0.263 e. The van der Waals surface area contributed by atoms with Crippen LogP contribution in [0.25, 0.3) is 10.9 Å². The van der Waals surface area contributed by atoms with E-state index in [-0.39, 0.29) is 16.0 Å². The monoisotopic (exact) mass is 594 g/mol. The Hall–Kier alpha value is -3.99. The van der Waals surface area contributed by atoms with Crippen LogP contribution in [-0.4, -0.2) is 32.9 Å². The molecule has 12 heteroatoms. The van der Waals surface area contributed by atoms with Gasteiger partial charge in [-0.25, -0.2) is 13.5 Å². The predicted molar refractivity (Wildman–Crippen MR) is 154 cm³/mol. The Bertz CT molecular complexity index is 1710.